The minimum absolute atomic E-state index is 0. The Bertz CT molecular complexity index is 658. The van der Waals surface area contributed by atoms with Gasteiger partial charge in [0.25, 0.3) is 0 Å². The van der Waals surface area contributed by atoms with E-state index in [0.717, 1.165) is 43.2 Å². The van der Waals surface area contributed by atoms with Crippen LogP contribution in [-0.2, 0) is 6.42 Å². The van der Waals surface area contributed by atoms with Crippen LogP contribution in [0.3, 0.4) is 0 Å². The van der Waals surface area contributed by atoms with Gasteiger partial charge in [0.15, 0.2) is 5.96 Å². The Hall–Kier alpha value is -1.35. The van der Waals surface area contributed by atoms with Crippen LogP contribution in [0, 0.1) is 0 Å². The molecule has 2 aromatic rings. The Labute approximate surface area is 179 Å². The summed E-state index contributed by atoms with van der Waals surface area (Å²) in [5.74, 6) is 0.879. The van der Waals surface area contributed by atoms with Crippen molar-refractivity contribution in [1.29, 1.82) is 0 Å². The van der Waals surface area contributed by atoms with E-state index in [1.54, 1.807) is 0 Å². The van der Waals surface area contributed by atoms with Gasteiger partial charge in [-0.15, -0.1) is 24.0 Å². The number of rotatable bonds is 7. The number of aromatic nitrogens is 2. The Balaban J connectivity index is 0.00000261. The van der Waals surface area contributed by atoms with Crippen LogP contribution in [0.1, 0.15) is 37.8 Å². The lowest BCUT2D eigenvalue weighted by Gasteiger charge is -2.20. The molecule has 0 atom stereocenters. The van der Waals surface area contributed by atoms with Gasteiger partial charge in [0.05, 0.1) is 5.69 Å². The average Bonchev–Trinajstić information content (AvgIpc) is 2.90. The molecular weight excluding hydrogens is 451 g/mol. The monoisotopic (exact) mass is 484 g/mol. The summed E-state index contributed by atoms with van der Waals surface area (Å²) < 4.78 is 2.06. The summed E-state index contributed by atoms with van der Waals surface area (Å²) in [4.78, 5) is 11.5. The molecule has 2 N–H and O–H groups in total. The van der Waals surface area contributed by atoms with Crippen molar-refractivity contribution < 1.29 is 0 Å². The van der Waals surface area contributed by atoms with E-state index in [1.165, 1.54) is 45.3 Å². The fraction of sp³-hybridized carbons (Fsp3) is 0.600. The number of aliphatic imine (C=N–C) groups is 1. The molecule has 0 saturated carbocycles. The van der Waals surface area contributed by atoms with Crippen LogP contribution in [0.25, 0.3) is 5.65 Å². The van der Waals surface area contributed by atoms with E-state index in [4.69, 9.17) is 0 Å². The van der Waals surface area contributed by atoms with Gasteiger partial charge < -0.3 is 19.9 Å². The lowest BCUT2D eigenvalue weighted by atomic mass is 10.2. The zero-order chi connectivity index (χ0) is 18.0. The van der Waals surface area contributed by atoms with Gasteiger partial charge >= 0.3 is 0 Å². The van der Waals surface area contributed by atoms with Crippen molar-refractivity contribution in [1.82, 2.24) is 24.9 Å². The van der Waals surface area contributed by atoms with E-state index in [9.17, 15) is 0 Å². The molecule has 0 bridgehead atoms. The number of hydrogen-bond acceptors (Lipinski definition) is 3. The molecule has 1 fully saturated rings. The molecule has 0 amide bonds. The highest BCUT2D eigenvalue weighted by Gasteiger charge is 2.08. The summed E-state index contributed by atoms with van der Waals surface area (Å²) in [6.07, 6.45) is 11.7. The van der Waals surface area contributed by atoms with Gasteiger partial charge in [-0.3, -0.25) is 4.99 Å². The molecule has 0 aliphatic carbocycles. The zero-order valence-electron chi connectivity index (χ0n) is 16.4. The molecule has 0 radical (unpaired) electrons. The average molecular weight is 484 g/mol. The smallest absolute Gasteiger partial charge is 0.190 e. The van der Waals surface area contributed by atoms with E-state index in [0.29, 0.717) is 0 Å². The molecule has 1 aliphatic heterocycles. The number of pyridine rings is 1. The summed E-state index contributed by atoms with van der Waals surface area (Å²) in [6.45, 7) is 5.52. The number of halogens is 1. The molecule has 27 heavy (non-hydrogen) atoms. The fourth-order valence-corrected chi connectivity index (χ4v) is 3.51. The number of nitrogens with zero attached hydrogens (tertiary/aromatic N) is 4. The molecule has 3 rings (SSSR count). The van der Waals surface area contributed by atoms with E-state index in [2.05, 4.69) is 36.1 Å². The maximum Gasteiger partial charge on any atom is 0.190 e. The van der Waals surface area contributed by atoms with E-state index in [1.807, 2.05) is 31.4 Å². The largest absolute Gasteiger partial charge is 0.356 e. The van der Waals surface area contributed by atoms with Gasteiger partial charge in [-0.25, -0.2) is 4.98 Å². The van der Waals surface area contributed by atoms with Crippen LogP contribution in [-0.4, -0.2) is 60.0 Å². The first-order valence-electron chi connectivity index (χ1n) is 9.94. The van der Waals surface area contributed by atoms with Gasteiger partial charge in [-0.2, -0.15) is 0 Å². The summed E-state index contributed by atoms with van der Waals surface area (Å²) in [5, 5.41) is 6.81. The molecule has 7 heteroatoms. The molecule has 0 aromatic carbocycles. The second kappa shape index (κ2) is 12.2. The molecule has 0 spiro atoms. The summed E-state index contributed by atoms with van der Waals surface area (Å²) in [6, 6.07) is 6.07. The molecule has 3 heterocycles. The van der Waals surface area contributed by atoms with Crippen LogP contribution < -0.4 is 10.6 Å². The van der Waals surface area contributed by atoms with Crippen molar-refractivity contribution in [3.8, 4) is 0 Å². The Kier molecular flexibility index (Phi) is 9.90. The minimum atomic E-state index is 0. The molecule has 150 valence electrons. The van der Waals surface area contributed by atoms with Gasteiger partial charge in [0, 0.05) is 39.0 Å². The van der Waals surface area contributed by atoms with Crippen molar-refractivity contribution in [2.75, 3.05) is 39.8 Å². The molecule has 2 aromatic heterocycles. The SMILES string of the molecule is CN=C(NCCCN1CCCCCC1)NCCc1cn2ccccc2n1.I. The van der Waals surface area contributed by atoms with Crippen molar-refractivity contribution in [3.05, 3.63) is 36.3 Å². The van der Waals surface area contributed by atoms with Crippen molar-refractivity contribution in [2.24, 2.45) is 4.99 Å². The first-order valence-corrected chi connectivity index (χ1v) is 9.94. The Morgan fingerprint density at radius 1 is 1.11 bits per heavy atom. The second-order valence-electron chi connectivity index (χ2n) is 6.98. The molecule has 0 unspecified atom stereocenters. The third kappa shape index (κ3) is 7.29. The molecule has 1 saturated heterocycles. The summed E-state index contributed by atoms with van der Waals surface area (Å²) in [7, 11) is 1.83. The van der Waals surface area contributed by atoms with Crippen LogP contribution in [0.4, 0.5) is 0 Å². The number of guanidine groups is 1. The topological polar surface area (TPSA) is 57.0 Å². The first kappa shape index (κ1) is 21.9. The maximum absolute atomic E-state index is 4.63. The first-order chi connectivity index (χ1) is 12.8. The number of imidazole rings is 1. The van der Waals surface area contributed by atoms with Gasteiger partial charge in [-0.05, 0) is 51.0 Å². The van der Waals surface area contributed by atoms with Crippen molar-refractivity contribution in [3.63, 3.8) is 0 Å². The van der Waals surface area contributed by atoms with Crippen molar-refractivity contribution in [2.45, 2.75) is 38.5 Å². The van der Waals surface area contributed by atoms with E-state index >= 15 is 0 Å². The predicted octanol–water partition coefficient (Wildman–Crippen LogP) is 2.93. The standard InChI is InChI=1S/C20H32N6.HI/c1-21-20(22-11-8-15-25-13-5-2-3-6-14-25)23-12-10-18-17-26-16-7-4-9-19(26)24-18;/h4,7,9,16-17H,2-3,5-6,8,10-15H2,1H3,(H2,21,22,23);1H. The van der Waals surface area contributed by atoms with E-state index < -0.39 is 0 Å². The molecule has 6 nitrogen and oxygen atoms in total. The molecular formula is C20H33IN6. The van der Waals surface area contributed by atoms with Gasteiger partial charge in [0.2, 0.25) is 0 Å². The highest BCUT2D eigenvalue weighted by atomic mass is 127. The van der Waals surface area contributed by atoms with Crippen molar-refractivity contribution >= 4 is 35.6 Å². The minimum Gasteiger partial charge on any atom is -0.356 e. The third-order valence-electron chi connectivity index (χ3n) is 4.95. The zero-order valence-corrected chi connectivity index (χ0v) is 18.7. The highest BCUT2D eigenvalue weighted by Crippen LogP contribution is 2.09. The summed E-state index contributed by atoms with van der Waals surface area (Å²) in [5.41, 5.74) is 2.10. The third-order valence-corrected chi connectivity index (χ3v) is 4.95. The molecule has 1 aliphatic rings. The lowest BCUT2D eigenvalue weighted by molar-refractivity contribution is 0.282. The second-order valence-corrected chi connectivity index (χ2v) is 6.98. The number of nitrogens with one attached hydrogen (secondary N) is 2. The Morgan fingerprint density at radius 2 is 1.89 bits per heavy atom. The van der Waals surface area contributed by atoms with Crippen LogP contribution >= 0.6 is 24.0 Å². The lowest BCUT2D eigenvalue weighted by Crippen LogP contribution is -2.39. The van der Waals surface area contributed by atoms with Crippen LogP contribution in [0.2, 0.25) is 0 Å². The van der Waals surface area contributed by atoms with Gasteiger partial charge in [0.1, 0.15) is 5.65 Å². The van der Waals surface area contributed by atoms with Crippen LogP contribution in [0.5, 0.6) is 0 Å². The van der Waals surface area contributed by atoms with Crippen LogP contribution in [0.15, 0.2) is 35.6 Å². The highest BCUT2D eigenvalue weighted by molar-refractivity contribution is 14.0. The van der Waals surface area contributed by atoms with E-state index in [-0.39, 0.29) is 24.0 Å². The number of hydrogen-bond donors (Lipinski definition) is 2. The Morgan fingerprint density at radius 3 is 2.63 bits per heavy atom. The number of likely N-dealkylation sites (tertiary alicyclic amines) is 1. The predicted molar refractivity (Wildman–Crippen MR) is 123 cm³/mol. The normalized spacial score (nSPS) is 16.0. The number of fused-ring (bicyclic) bond motifs is 1. The summed E-state index contributed by atoms with van der Waals surface area (Å²) >= 11 is 0. The fourth-order valence-electron chi connectivity index (χ4n) is 3.51. The van der Waals surface area contributed by atoms with Gasteiger partial charge in [-0.1, -0.05) is 18.9 Å². The maximum atomic E-state index is 4.63. The quantitative estimate of drug-likeness (QED) is 0.275.